The molecular weight excluding hydrogens is 281 g/mol. The number of non-ortho nitro benzene ring substituents is 1. The summed E-state index contributed by atoms with van der Waals surface area (Å²) in [5.74, 6) is -0.287. The lowest BCUT2D eigenvalue weighted by Crippen LogP contribution is -1.99. The molecule has 0 bridgehead atoms. The number of nitro groups is 1. The van der Waals surface area contributed by atoms with Crippen molar-refractivity contribution in [1.29, 1.82) is 0 Å². The van der Waals surface area contributed by atoms with Gasteiger partial charge < -0.3 is 0 Å². The van der Waals surface area contributed by atoms with Crippen LogP contribution in [0.1, 0.15) is 22.1 Å². The van der Waals surface area contributed by atoms with Crippen LogP contribution in [0.2, 0.25) is 0 Å². The molecule has 2 aromatic carbocycles. The lowest BCUT2D eigenvalue weighted by Gasteiger charge is -2.13. The van der Waals surface area contributed by atoms with E-state index in [4.69, 9.17) is 11.6 Å². The second-order valence-electron chi connectivity index (χ2n) is 4.60. The van der Waals surface area contributed by atoms with Crippen LogP contribution < -0.4 is 0 Å². The molecule has 104 valence electrons. The molecule has 1 unspecified atom stereocenters. The van der Waals surface area contributed by atoms with Crippen LogP contribution in [-0.4, -0.2) is 4.92 Å². The van der Waals surface area contributed by atoms with Crippen molar-refractivity contribution in [2.75, 3.05) is 0 Å². The molecule has 0 spiro atoms. The molecule has 0 aliphatic carbocycles. The fraction of sp³-hybridized carbons (Fsp3) is 0.200. The van der Waals surface area contributed by atoms with E-state index in [1.54, 1.807) is 18.2 Å². The first-order valence-corrected chi connectivity index (χ1v) is 6.54. The molecule has 0 saturated heterocycles. The minimum absolute atomic E-state index is 0.0536. The van der Waals surface area contributed by atoms with Crippen molar-refractivity contribution in [3.8, 4) is 0 Å². The Balaban J connectivity index is 2.14. The number of halogens is 2. The highest BCUT2D eigenvalue weighted by atomic mass is 35.5. The topological polar surface area (TPSA) is 43.1 Å². The van der Waals surface area contributed by atoms with Gasteiger partial charge in [0.2, 0.25) is 0 Å². The predicted molar refractivity (Wildman–Crippen MR) is 76.5 cm³/mol. The minimum Gasteiger partial charge on any atom is -0.258 e. The summed E-state index contributed by atoms with van der Waals surface area (Å²) in [7, 11) is 0. The maximum atomic E-state index is 13.1. The normalized spacial score (nSPS) is 12.2. The summed E-state index contributed by atoms with van der Waals surface area (Å²) in [6.07, 6.45) is 0.534. The summed E-state index contributed by atoms with van der Waals surface area (Å²) in [6, 6.07) is 10.8. The van der Waals surface area contributed by atoms with Gasteiger partial charge in [0, 0.05) is 12.1 Å². The molecular formula is C15H13ClFNO2. The Morgan fingerprint density at radius 2 is 1.90 bits per heavy atom. The third-order valence-corrected chi connectivity index (χ3v) is 3.52. The number of nitro benzene ring substituents is 1. The van der Waals surface area contributed by atoms with E-state index in [0.717, 1.165) is 16.7 Å². The van der Waals surface area contributed by atoms with Gasteiger partial charge in [0.05, 0.1) is 10.3 Å². The summed E-state index contributed by atoms with van der Waals surface area (Å²) >= 11 is 6.34. The smallest absolute Gasteiger partial charge is 0.258 e. The van der Waals surface area contributed by atoms with Crippen molar-refractivity contribution in [1.82, 2.24) is 0 Å². The second kappa shape index (κ2) is 6.01. The maximum absolute atomic E-state index is 13.1. The summed E-state index contributed by atoms with van der Waals surface area (Å²) in [6.45, 7) is 1.81. The third kappa shape index (κ3) is 3.33. The molecule has 0 saturated carbocycles. The number of hydrogen-bond donors (Lipinski definition) is 0. The van der Waals surface area contributed by atoms with Crippen molar-refractivity contribution in [3.63, 3.8) is 0 Å². The molecule has 3 nitrogen and oxygen atoms in total. The molecule has 0 heterocycles. The van der Waals surface area contributed by atoms with E-state index in [9.17, 15) is 14.5 Å². The SMILES string of the molecule is Cc1cc(F)ccc1C(Cl)Cc1ccc([N+](=O)[O-])cc1. The fourth-order valence-electron chi connectivity index (χ4n) is 2.06. The number of rotatable bonds is 4. The largest absolute Gasteiger partial charge is 0.269 e. The highest BCUT2D eigenvalue weighted by Crippen LogP contribution is 2.28. The standard InChI is InChI=1S/C15H13ClFNO2/c1-10-8-12(17)4-7-14(10)15(16)9-11-2-5-13(6-3-11)18(19)20/h2-8,15H,9H2,1H3. The summed E-state index contributed by atoms with van der Waals surface area (Å²) in [5.41, 5.74) is 2.62. The average molecular weight is 294 g/mol. The number of alkyl halides is 1. The van der Waals surface area contributed by atoms with Crippen LogP contribution in [0.3, 0.4) is 0 Å². The van der Waals surface area contributed by atoms with Gasteiger partial charge in [-0.1, -0.05) is 18.2 Å². The molecule has 2 aromatic rings. The fourth-order valence-corrected chi connectivity index (χ4v) is 2.48. The van der Waals surface area contributed by atoms with Gasteiger partial charge >= 0.3 is 0 Å². The van der Waals surface area contributed by atoms with Crippen molar-refractivity contribution in [2.24, 2.45) is 0 Å². The molecule has 0 N–H and O–H groups in total. The molecule has 0 aromatic heterocycles. The first-order valence-electron chi connectivity index (χ1n) is 6.11. The molecule has 5 heteroatoms. The predicted octanol–water partition coefficient (Wildman–Crippen LogP) is 4.56. The highest BCUT2D eigenvalue weighted by molar-refractivity contribution is 6.21. The molecule has 0 amide bonds. The van der Waals surface area contributed by atoms with Crippen LogP contribution in [0, 0.1) is 22.9 Å². The number of nitrogens with zero attached hydrogens (tertiary/aromatic N) is 1. The Bertz CT molecular complexity index is 628. The van der Waals surface area contributed by atoms with Crippen LogP contribution in [0.25, 0.3) is 0 Å². The summed E-state index contributed by atoms with van der Waals surface area (Å²) in [4.78, 5) is 10.1. The van der Waals surface area contributed by atoms with Gasteiger partial charge in [0.15, 0.2) is 0 Å². The Labute approximate surface area is 121 Å². The Kier molecular flexibility index (Phi) is 4.35. The maximum Gasteiger partial charge on any atom is 0.269 e. The van der Waals surface area contributed by atoms with Crippen molar-refractivity contribution < 1.29 is 9.31 Å². The van der Waals surface area contributed by atoms with Crippen LogP contribution in [-0.2, 0) is 6.42 Å². The van der Waals surface area contributed by atoms with E-state index in [1.165, 1.54) is 24.3 Å². The van der Waals surface area contributed by atoms with Crippen molar-refractivity contribution in [2.45, 2.75) is 18.7 Å². The third-order valence-electron chi connectivity index (χ3n) is 3.13. The van der Waals surface area contributed by atoms with Crippen LogP contribution >= 0.6 is 11.6 Å². The van der Waals surface area contributed by atoms with E-state index in [2.05, 4.69) is 0 Å². The van der Waals surface area contributed by atoms with E-state index < -0.39 is 4.92 Å². The molecule has 0 aliphatic heterocycles. The first kappa shape index (κ1) is 14.5. The van der Waals surface area contributed by atoms with E-state index in [1.807, 2.05) is 6.92 Å². The van der Waals surface area contributed by atoms with Crippen LogP contribution in [0.4, 0.5) is 10.1 Å². The molecule has 0 fully saturated rings. The van der Waals surface area contributed by atoms with Gasteiger partial charge in [-0.25, -0.2) is 4.39 Å². The zero-order valence-corrected chi connectivity index (χ0v) is 11.6. The van der Waals surface area contributed by atoms with Crippen LogP contribution in [0.15, 0.2) is 42.5 Å². The lowest BCUT2D eigenvalue weighted by atomic mass is 10.00. The average Bonchev–Trinajstić information content (AvgIpc) is 2.39. The minimum atomic E-state index is -0.438. The molecule has 1 atom stereocenters. The van der Waals surface area contributed by atoms with E-state index in [0.29, 0.717) is 6.42 Å². The monoisotopic (exact) mass is 293 g/mol. The van der Waals surface area contributed by atoms with Gasteiger partial charge in [-0.2, -0.15) is 0 Å². The summed E-state index contributed by atoms with van der Waals surface area (Å²) in [5, 5.41) is 10.3. The molecule has 20 heavy (non-hydrogen) atoms. The number of aryl methyl sites for hydroxylation is 1. The second-order valence-corrected chi connectivity index (χ2v) is 5.12. The first-order chi connectivity index (χ1) is 9.47. The Morgan fingerprint density at radius 1 is 1.25 bits per heavy atom. The highest BCUT2D eigenvalue weighted by Gasteiger charge is 2.13. The quantitative estimate of drug-likeness (QED) is 0.471. The number of hydrogen-bond acceptors (Lipinski definition) is 2. The zero-order valence-electron chi connectivity index (χ0n) is 10.8. The van der Waals surface area contributed by atoms with Gasteiger partial charge in [0.1, 0.15) is 5.82 Å². The van der Waals surface area contributed by atoms with E-state index >= 15 is 0 Å². The number of benzene rings is 2. The Hall–Kier alpha value is -1.94. The van der Waals surface area contributed by atoms with Gasteiger partial charge in [-0.15, -0.1) is 11.6 Å². The summed E-state index contributed by atoms with van der Waals surface area (Å²) < 4.78 is 13.1. The molecule has 0 radical (unpaired) electrons. The molecule has 0 aliphatic rings. The zero-order chi connectivity index (χ0) is 14.7. The van der Waals surface area contributed by atoms with E-state index in [-0.39, 0.29) is 16.9 Å². The Morgan fingerprint density at radius 3 is 2.45 bits per heavy atom. The van der Waals surface area contributed by atoms with Crippen LogP contribution in [0.5, 0.6) is 0 Å². The van der Waals surface area contributed by atoms with Crippen molar-refractivity contribution >= 4 is 17.3 Å². The van der Waals surface area contributed by atoms with Crippen molar-refractivity contribution in [3.05, 3.63) is 75.1 Å². The van der Waals surface area contributed by atoms with Gasteiger partial charge in [0.25, 0.3) is 5.69 Å². The van der Waals surface area contributed by atoms with Gasteiger partial charge in [-0.05, 0) is 42.2 Å². The van der Waals surface area contributed by atoms with Gasteiger partial charge in [-0.3, -0.25) is 10.1 Å². The molecule has 2 rings (SSSR count). The lowest BCUT2D eigenvalue weighted by molar-refractivity contribution is -0.384.